The molecule has 0 radical (unpaired) electrons. The van der Waals surface area contributed by atoms with Crippen LogP contribution in [0.4, 0.5) is 5.69 Å². The lowest BCUT2D eigenvalue weighted by Crippen LogP contribution is -1.92. The number of nitrogens with one attached hydrogen (secondary N) is 1. The van der Waals surface area contributed by atoms with Crippen LogP contribution < -0.4 is 5.32 Å². The van der Waals surface area contributed by atoms with Gasteiger partial charge in [-0.3, -0.25) is 4.21 Å². The van der Waals surface area contributed by atoms with E-state index in [0.717, 1.165) is 12.0 Å². The summed E-state index contributed by atoms with van der Waals surface area (Å²) < 4.78 is 18.5. The molecular formula is C13H18NO2S-. The average Bonchev–Trinajstić information content (AvgIpc) is 2.76. The van der Waals surface area contributed by atoms with Gasteiger partial charge in [-0.15, -0.1) is 0 Å². The zero-order valence-electron chi connectivity index (χ0n) is 10.2. The molecule has 1 aliphatic heterocycles. The highest BCUT2D eigenvalue weighted by atomic mass is 32.2. The van der Waals surface area contributed by atoms with E-state index in [0.29, 0.717) is 5.92 Å². The summed E-state index contributed by atoms with van der Waals surface area (Å²) in [7, 11) is 0. The van der Waals surface area contributed by atoms with Gasteiger partial charge in [0, 0.05) is 12.2 Å². The van der Waals surface area contributed by atoms with Gasteiger partial charge < -0.3 is 9.87 Å². The molecule has 0 aliphatic carbocycles. The van der Waals surface area contributed by atoms with Crippen molar-refractivity contribution in [3.8, 4) is 0 Å². The Hall–Kier alpha value is -1.13. The summed E-state index contributed by atoms with van der Waals surface area (Å²) in [6, 6.07) is 6.79. The van der Waals surface area contributed by atoms with E-state index in [4.69, 9.17) is 0 Å². The van der Waals surface area contributed by atoms with Gasteiger partial charge in [-0.25, -0.2) is 0 Å². The maximum Gasteiger partial charge on any atom is 0.0376 e. The summed E-state index contributed by atoms with van der Waals surface area (Å²) in [4.78, 5) is 0. The van der Waals surface area contributed by atoms with Gasteiger partial charge in [0.15, 0.2) is 0 Å². The van der Waals surface area contributed by atoms with Crippen molar-refractivity contribution < 1.29 is 8.76 Å². The molecule has 0 saturated carbocycles. The Labute approximate surface area is 105 Å². The summed E-state index contributed by atoms with van der Waals surface area (Å²) in [6.45, 7) is 8.52. The Morgan fingerprint density at radius 1 is 1.53 bits per heavy atom. The second-order valence-electron chi connectivity index (χ2n) is 4.18. The maximum absolute atomic E-state index is 9.25. The molecule has 1 aliphatic rings. The molecule has 1 N–H and O–H groups in total. The van der Waals surface area contributed by atoms with Crippen molar-refractivity contribution >= 4 is 16.8 Å². The van der Waals surface area contributed by atoms with Gasteiger partial charge in [0.25, 0.3) is 0 Å². The van der Waals surface area contributed by atoms with Crippen molar-refractivity contribution in [2.24, 2.45) is 0 Å². The van der Waals surface area contributed by atoms with Crippen LogP contribution in [0.15, 0.2) is 30.2 Å². The van der Waals surface area contributed by atoms with Crippen molar-refractivity contribution in [3.05, 3.63) is 41.3 Å². The summed E-state index contributed by atoms with van der Waals surface area (Å²) in [5.74, 6) is 0.637. The first-order chi connectivity index (χ1) is 8.04. The minimum Gasteiger partial charge on any atom is -0.769 e. The van der Waals surface area contributed by atoms with E-state index < -0.39 is 11.1 Å². The van der Waals surface area contributed by atoms with Crippen molar-refractivity contribution in [1.82, 2.24) is 0 Å². The molecule has 4 heteroatoms. The second-order valence-corrected chi connectivity index (χ2v) is 5.03. The van der Waals surface area contributed by atoms with E-state index in [-0.39, 0.29) is 0 Å². The summed E-state index contributed by atoms with van der Waals surface area (Å²) >= 11 is -2.06. The highest BCUT2D eigenvalue weighted by Crippen LogP contribution is 2.26. The standard InChI is InChI=1S/C11H15N.C2H4O2S/c1-8(2)10-4-3-9-5-6-12-11(9)7-10;1-2-5(3)4/h3-4,7-8,12H,5-6H2,1-2H3;2H,1H2,(H,3,4)/p-1. The monoisotopic (exact) mass is 252 g/mol. The Morgan fingerprint density at radius 2 is 2.18 bits per heavy atom. The van der Waals surface area contributed by atoms with Gasteiger partial charge in [-0.2, -0.15) is 0 Å². The number of hydrogen-bond donors (Lipinski definition) is 1. The molecule has 1 aromatic carbocycles. The molecule has 2 rings (SSSR count). The van der Waals surface area contributed by atoms with Gasteiger partial charge in [-0.1, -0.05) is 32.6 Å². The minimum atomic E-state index is -2.06. The quantitative estimate of drug-likeness (QED) is 0.823. The fourth-order valence-corrected chi connectivity index (χ4v) is 1.67. The first kappa shape index (κ1) is 13.9. The predicted molar refractivity (Wildman–Crippen MR) is 71.8 cm³/mol. The Bertz CT molecular complexity index is 416. The highest BCUT2D eigenvalue weighted by Gasteiger charge is 2.10. The number of fused-ring (bicyclic) bond motifs is 1. The molecular weight excluding hydrogens is 234 g/mol. The van der Waals surface area contributed by atoms with Gasteiger partial charge in [-0.05, 0) is 46.0 Å². The number of anilines is 1. The molecule has 0 bridgehead atoms. The molecule has 17 heavy (non-hydrogen) atoms. The molecule has 1 aromatic rings. The molecule has 1 atom stereocenters. The lowest BCUT2D eigenvalue weighted by Gasteiger charge is -2.07. The Kier molecular flexibility index (Phi) is 5.38. The molecule has 3 nitrogen and oxygen atoms in total. The zero-order chi connectivity index (χ0) is 12.8. The molecule has 0 amide bonds. The Balaban J connectivity index is 0.000000249. The Morgan fingerprint density at radius 3 is 2.71 bits per heavy atom. The van der Waals surface area contributed by atoms with E-state index >= 15 is 0 Å². The first-order valence-corrected chi connectivity index (χ1v) is 6.75. The lowest BCUT2D eigenvalue weighted by atomic mass is 10.0. The van der Waals surface area contributed by atoms with Gasteiger partial charge in [0.05, 0.1) is 0 Å². The SMILES string of the molecule is C=CS(=O)[O-].CC(C)c1ccc2c(c1)NCC2. The average molecular weight is 252 g/mol. The van der Waals surface area contributed by atoms with Crippen LogP contribution in [0.25, 0.3) is 0 Å². The van der Waals surface area contributed by atoms with Crippen molar-refractivity contribution in [3.63, 3.8) is 0 Å². The zero-order valence-corrected chi connectivity index (χ0v) is 11.0. The highest BCUT2D eigenvalue weighted by molar-refractivity contribution is 7.82. The number of hydrogen-bond acceptors (Lipinski definition) is 3. The van der Waals surface area contributed by atoms with Crippen molar-refractivity contribution in [1.29, 1.82) is 0 Å². The third-order valence-electron chi connectivity index (χ3n) is 2.65. The molecule has 1 unspecified atom stereocenters. The van der Waals surface area contributed by atoms with Crippen LogP contribution in [0, 0.1) is 0 Å². The topological polar surface area (TPSA) is 52.2 Å². The number of benzene rings is 1. The van der Waals surface area contributed by atoms with Crippen molar-refractivity contribution in [2.45, 2.75) is 26.2 Å². The van der Waals surface area contributed by atoms with E-state index in [2.05, 4.69) is 43.9 Å². The van der Waals surface area contributed by atoms with Crippen LogP contribution in [0.2, 0.25) is 0 Å². The van der Waals surface area contributed by atoms with Crippen LogP contribution in [0.1, 0.15) is 30.9 Å². The third kappa shape index (κ3) is 4.32. The second kappa shape index (κ2) is 6.57. The fourth-order valence-electron chi connectivity index (χ4n) is 1.67. The first-order valence-electron chi connectivity index (χ1n) is 5.62. The summed E-state index contributed by atoms with van der Waals surface area (Å²) in [5.41, 5.74) is 4.25. The van der Waals surface area contributed by atoms with Gasteiger partial charge in [0.2, 0.25) is 0 Å². The van der Waals surface area contributed by atoms with Crippen molar-refractivity contribution in [2.75, 3.05) is 11.9 Å². The fraction of sp³-hybridized carbons (Fsp3) is 0.385. The van der Waals surface area contributed by atoms with Crippen LogP contribution >= 0.6 is 0 Å². The lowest BCUT2D eigenvalue weighted by molar-refractivity contribution is 0.546. The van der Waals surface area contributed by atoms with Gasteiger partial charge >= 0.3 is 0 Å². The largest absolute Gasteiger partial charge is 0.769 e. The molecule has 0 fully saturated rings. The molecule has 0 saturated heterocycles. The summed E-state index contributed by atoms with van der Waals surface area (Å²) in [6.07, 6.45) is 1.19. The third-order valence-corrected chi connectivity index (χ3v) is 2.92. The van der Waals surface area contributed by atoms with Crippen LogP contribution in [0.5, 0.6) is 0 Å². The van der Waals surface area contributed by atoms with E-state index in [1.807, 2.05) is 0 Å². The van der Waals surface area contributed by atoms with Crippen LogP contribution in [0.3, 0.4) is 0 Å². The molecule has 1 heterocycles. The smallest absolute Gasteiger partial charge is 0.0376 e. The van der Waals surface area contributed by atoms with Crippen LogP contribution in [-0.4, -0.2) is 15.3 Å². The van der Waals surface area contributed by atoms with E-state index in [1.54, 1.807) is 0 Å². The molecule has 0 spiro atoms. The van der Waals surface area contributed by atoms with Crippen LogP contribution in [-0.2, 0) is 17.5 Å². The van der Waals surface area contributed by atoms with E-state index in [9.17, 15) is 8.76 Å². The minimum absolute atomic E-state index is 0.637. The normalized spacial score (nSPS) is 14.4. The maximum atomic E-state index is 9.25. The number of rotatable bonds is 2. The predicted octanol–water partition coefficient (Wildman–Crippen LogP) is 2.79. The van der Waals surface area contributed by atoms with Gasteiger partial charge in [0.1, 0.15) is 0 Å². The molecule has 0 aromatic heterocycles. The summed E-state index contributed by atoms with van der Waals surface area (Å²) in [5, 5.41) is 4.23. The molecule has 94 valence electrons. The van der Waals surface area contributed by atoms with E-state index in [1.165, 1.54) is 23.2 Å².